The number of carbonyl (C=O) groups is 1. The van der Waals surface area contributed by atoms with Crippen LogP contribution in [0.4, 0.5) is 19.6 Å². The van der Waals surface area contributed by atoms with Gasteiger partial charge in [0.2, 0.25) is 11.0 Å². The standard InChI is InChI=1S/C16H20F2N4OS3/c1-9(2)8-19-15-21-22-16(26-15)24-10(3)13(23)20-11-4-6-12(7-5-11)25-14(17)18/h4-7,9-10,14H,8H2,1-3H3,(H,19,21)(H,20,23)/t10-/m1/s1. The van der Waals surface area contributed by atoms with Crippen molar-refractivity contribution in [3.05, 3.63) is 24.3 Å². The summed E-state index contributed by atoms with van der Waals surface area (Å²) in [7, 11) is 0. The van der Waals surface area contributed by atoms with Crippen LogP contribution < -0.4 is 10.6 Å². The van der Waals surface area contributed by atoms with E-state index >= 15 is 0 Å². The molecule has 2 aromatic rings. The van der Waals surface area contributed by atoms with Crippen molar-refractivity contribution in [2.45, 2.75) is 41.0 Å². The number of anilines is 2. The topological polar surface area (TPSA) is 66.9 Å². The van der Waals surface area contributed by atoms with E-state index in [-0.39, 0.29) is 11.2 Å². The first-order valence-electron chi connectivity index (χ1n) is 7.93. The summed E-state index contributed by atoms with van der Waals surface area (Å²) < 4.78 is 25.3. The second kappa shape index (κ2) is 10.1. The number of alkyl halides is 2. The molecule has 0 spiro atoms. The van der Waals surface area contributed by atoms with Gasteiger partial charge in [0.25, 0.3) is 5.76 Å². The number of hydrogen-bond donors (Lipinski definition) is 2. The minimum Gasteiger partial charge on any atom is -0.360 e. The van der Waals surface area contributed by atoms with Crippen LogP contribution in [0, 0.1) is 5.92 Å². The molecule has 0 unspecified atom stereocenters. The molecule has 1 atom stereocenters. The molecule has 0 saturated heterocycles. The predicted molar refractivity (Wildman–Crippen MR) is 105 cm³/mol. The third-order valence-corrected chi connectivity index (χ3v) is 5.85. The minimum absolute atomic E-state index is 0.184. The minimum atomic E-state index is -2.46. The van der Waals surface area contributed by atoms with Crippen LogP contribution in [-0.4, -0.2) is 33.7 Å². The fourth-order valence-electron chi connectivity index (χ4n) is 1.79. The Kier molecular flexibility index (Phi) is 8.11. The molecule has 1 aromatic carbocycles. The Balaban J connectivity index is 1.85. The van der Waals surface area contributed by atoms with Crippen LogP contribution in [0.1, 0.15) is 20.8 Å². The lowest BCUT2D eigenvalue weighted by Crippen LogP contribution is -2.22. The van der Waals surface area contributed by atoms with E-state index in [0.29, 0.717) is 32.6 Å². The molecule has 1 heterocycles. The first kappa shape index (κ1) is 20.9. The molecule has 0 bridgehead atoms. The third-order valence-electron chi connectivity index (χ3n) is 3.06. The fourth-order valence-corrected chi connectivity index (χ4v) is 4.19. The van der Waals surface area contributed by atoms with Crippen LogP contribution in [0.2, 0.25) is 0 Å². The van der Waals surface area contributed by atoms with Gasteiger partial charge < -0.3 is 10.6 Å². The van der Waals surface area contributed by atoms with E-state index in [0.717, 1.165) is 11.7 Å². The molecule has 0 saturated carbocycles. The molecule has 5 nitrogen and oxygen atoms in total. The zero-order chi connectivity index (χ0) is 19.1. The summed E-state index contributed by atoms with van der Waals surface area (Å²) in [6, 6.07) is 6.33. The Hall–Kier alpha value is -1.39. The number of amides is 1. The number of nitrogens with one attached hydrogen (secondary N) is 2. The summed E-state index contributed by atoms with van der Waals surface area (Å²) in [5.74, 6) is -2.14. The summed E-state index contributed by atoms with van der Waals surface area (Å²) in [6.45, 7) is 6.81. The number of halogens is 2. The molecule has 0 radical (unpaired) electrons. The molecule has 2 rings (SSSR count). The maximum Gasteiger partial charge on any atom is 0.288 e. The van der Waals surface area contributed by atoms with Gasteiger partial charge in [0.15, 0.2) is 4.34 Å². The van der Waals surface area contributed by atoms with Gasteiger partial charge in [-0.05, 0) is 37.1 Å². The molecular weight excluding hydrogens is 398 g/mol. The number of aromatic nitrogens is 2. The van der Waals surface area contributed by atoms with E-state index in [4.69, 9.17) is 0 Å². The second-order valence-corrected chi connectivity index (χ2v) is 9.43. The van der Waals surface area contributed by atoms with Gasteiger partial charge in [-0.2, -0.15) is 8.78 Å². The van der Waals surface area contributed by atoms with Crippen LogP contribution in [0.5, 0.6) is 0 Å². The molecule has 0 aliphatic heterocycles. The zero-order valence-corrected chi connectivity index (χ0v) is 17.0. The number of nitrogens with zero attached hydrogens (tertiary/aromatic N) is 2. The van der Waals surface area contributed by atoms with Gasteiger partial charge in [0.1, 0.15) is 0 Å². The monoisotopic (exact) mass is 418 g/mol. The van der Waals surface area contributed by atoms with Gasteiger partial charge in [-0.3, -0.25) is 4.79 Å². The third kappa shape index (κ3) is 7.08. The molecule has 10 heteroatoms. The molecule has 1 amide bonds. The Morgan fingerprint density at radius 3 is 2.46 bits per heavy atom. The van der Waals surface area contributed by atoms with Gasteiger partial charge in [-0.25, -0.2) is 0 Å². The molecule has 142 valence electrons. The van der Waals surface area contributed by atoms with Gasteiger partial charge in [0, 0.05) is 17.1 Å². The molecule has 0 fully saturated rings. The van der Waals surface area contributed by atoms with Crippen molar-refractivity contribution in [2.24, 2.45) is 5.92 Å². The fraction of sp³-hybridized carbons (Fsp3) is 0.438. The first-order chi connectivity index (χ1) is 12.3. The lowest BCUT2D eigenvalue weighted by atomic mass is 10.2. The maximum absolute atomic E-state index is 12.3. The lowest BCUT2D eigenvalue weighted by molar-refractivity contribution is -0.115. The average Bonchev–Trinajstić information content (AvgIpc) is 3.01. The van der Waals surface area contributed by atoms with Crippen LogP contribution in [0.25, 0.3) is 0 Å². The maximum atomic E-state index is 12.3. The summed E-state index contributed by atoms with van der Waals surface area (Å²) in [6.07, 6.45) is 0. The highest BCUT2D eigenvalue weighted by molar-refractivity contribution is 8.02. The summed E-state index contributed by atoms with van der Waals surface area (Å²) in [5.41, 5.74) is 0.567. The van der Waals surface area contributed by atoms with Gasteiger partial charge >= 0.3 is 0 Å². The van der Waals surface area contributed by atoms with Gasteiger partial charge in [-0.15, -0.1) is 10.2 Å². The summed E-state index contributed by atoms with van der Waals surface area (Å²) in [4.78, 5) is 12.7. The highest BCUT2D eigenvalue weighted by Crippen LogP contribution is 2.30. The smallest absolute Gasteiger partial charge is 0.288 e. The number of hydrogen-bond acceptors (Lipinski definition) is 7. The highest BCUT2D eigenvalue weighted by Gasteiger charge is 2.17. The van der Waals surface area contributed by atoms with Crippen molar-refractivity contribution >= 4 is 51.6 Å². The van der Waals surface area contributed by atoms with Crippen molar-refractivity contribution < 1.29 is 13.6 Å². The second-order valence-electron chi connectivity index (χ2n) is 5.80. The van der Waals surface area contributed by atoms with Crippen LogP contribution in [0.3, 0.4) is 0 Å². The lowest BCUT2D eigenvalue weighted by Gasteiger charge is -2.10. The van der Waals surface area contributed by atoms with Crippen molar-refractivity contribution in [1.29, 1.82) is 0 Å². The van der Waals surface area contributed by atoms with Gasteiger partial charge in [-0.1, -0.05) is 48.7 Å². The van der Waals surface area contributed by atoms with E-state index in [9.17, 15) is 13.6 Å². The predicted octanol–water partition coefficient (Wildman–Crippen LogP) is 5.04. The Labute approximate surface area is 163 Å². The van der Waals surface area contributed by atoms with Gasteiger partial charge in [0.05, 0.1) is 5.25 Å². The molecule has 26 heavy (non-hydrogen) atoms. The van der Waals surface area contributed by atoms with Crippen LogP contribution >= 0.6 is 34.9 Å². The average molecular weight is 419 g/mol. The van der Waals surface area contributed by atoms with E-state index in [1.165, 1.54) is 23.1 Å². The Morgan fingerprint density at radius 2 is 1.85 bits per heavy atom. The summed E-state index contributed by atoms with van der Waals surface area (Å²) >= 11 is 3.21. The van der Waals surface area contributed by atoms with Crippen molar-refractivity contribution in [3.8, 4) is 0 Å². The SMILES string of the molecule is CC(C)CNc1nnc(S[C@H](C)C(=O)Nc2ccc(SC(F)F)cc2)s1. The molecule has 2 N–H and O–H groups in total. The van der Waals surface area contributed by atoms with E-state index < -0.39 is 5.76 Å². The number of benzene rings is 1. The van der Waals surface area contributed by atoms with Crippen LogP contribution in [-0.2, 0) is 4.79 Å². The Morgan fingerprint density at radius 1 is 1.15 bits per heavy atom. The van der Waals surface area contributed by atoms with Crippen molar-refractivity contribution in [2.75, 3.05) is 17.2 Å². The van der Waals surface area contributed by atoms with E-state index in [1.807, 2.05) is 0 Å². The number of rotatable bonds is 9. The quantitative estimate of drug-likeness (QED) is 0.556. The van der Waals surface area contributed by atoms with Crippen molar-refractivity contribution in [3.63, 3.8) is 0 Å². The largest absolute Gasteiger partial charge is 0.360 e. The van der Waals surface area contributed by atoms with E-state index in [1.54, 1.807) is 31.2 Å². The molecule has 0 aliphatic carbocycles. The Bertz CT molecular complexity index is 710. The highest BCUT2D eigenvalue weighted by atomic mass is 32.2. The number of thioether (sulfide) groups is 2. The molecular formula is C16H20F2N4OS3. The van der Waals surface area contributed by atoms with E-state index in [2.05, 4.69) is 34.7 Å². The van der Waals surface area contributed by atoms with Crippen LogP contribution in [0.15, 0.2) is 33.5 Å². The van der Waals surface area contributed by atoms with Crippen molar-refractivity contribution in [1.82, 2.24) is 10.2 Å². The molecule has 0 aliphatic rings. The first-order valence-corrected chi connectivity index (χ1v) is 10.5. The molecule has 1 aromatic heterocycles. The summed E-state index contributed by atoms with van der Waals surface area (Å²) in [5, 5.41) is 14.5. The normalized spacial score (nSPS) is 12.4. The number of carbonyl (C=O) groups excluding carboxylic acids is 1. The zero-order valence-electron chi connectivity index (χ0n) is 14.5.